The molecule has 3 N–H and O–H groups in total. The number of nitrogens with zero attached hydrogens (tertiary/aromatic N) is 1. The molecule has 1 aromatic carbocycles. The van der Waals surface area contributed by atoms with Crippen LogP contribution in [0.4, 0.5) is 5.13 Å². The minimum Gasteiger partial charge on any atom is -0.506 e. The first kappa shape index (κ1) is 15.2. The van der Waals surface area contributed by atoms with E-state index in [2.05, 4.69) is 36.8 Å². The molecule has 0 unspecified atom stereocenters. The molecule has 104 valence electrons. The van der Waals surface area contributed by atoms with Gasteiger partial charge in [-0.1, -0.05) is 27.3 Å². The van der Waals surface area contributed by atoms with Gasteiger partial charge in [0.2, 0.25) is 0 Å². The molecule has 0 radical (unpaired) electrons. The quantitative estimate of drug-likeness (QED) is 0.580. The molecule has 0 amide bonds. The number of hydrogen-bond donors (Lipinski definition) is 2. The second kappa shape index (κ2) is 6.07. The maximum absolute atomic E-state index is 12.1. The van der Waals surface area contributed by atoms with Crippen molar-refractivity contribution in [3.8, 4) is 5.75 Å². The molecule has 1 heterocycles. The molecule has 0 aliphatic carbocycles. The number of aryl methyl sites for hydroxylation is 1. The predicted octanol–water partition coefficient (Wildman–Crippen LogP) is 4.16. The Labute approximate surface area is 136 Å². The van der Waals surface area contributed by atoms with Crippen molar-refractivity contribution in [3.63, 3.8) is 0 Å². The number of anilines is 1. The van der Waals surface area contributed by atoms with E-state index in [0.29, 0.717) is 25.7 Å². The van der Waals surface area contributed by atoms with Crippen LogP contribution < -0.4 is 5.73 Å². The molecule has 7 heteroatoms. The van der Waals surface area contributed by atoms with Gasteiger partial charge in [0.1, 0.15) is 5.75 Å². The standard InChI is InChI=1S/C13H10Br2N2O2S/c1-6-12(20-13(16)17-6)10(18)3-2-7-4-8(14)5-9(15)11(7)19/h2-5,19H,1H3,(H2,16,17)/b3-2+. The van der Waals surface area contributed by atoms with Crippen molar-refractivity contribution in [2.75, 3.05) is 5.73 Å². The fourth-order valence-electron chi connectivity index (χ4n) is 1.60. The summed E-state index contributed by atoms with van der Waals surface area (Å²) in [5.74, 6) is -0.106. The number of aromatic nitrogens is 1. The molecule has 2 rings (SSSR count). The number of ketones is 1. The number of allylic oxidation sites excluding steroid dienone is 1. The fraction of sp³-hybridized carbons (Fsp3) is 0.0769. The summed E-state index contributed by atoms with van der Waals surface area (Å²) >= 11 is 7.72. The van der Waals surface area contributed by atoms with Crippen LogP contribution in [0.5, 0.6) is 5.75 Å². The van der Waals surface area contributed by atoms with Crippen LogP contribution in [0, 0.1) is 6.92 Å². The molecule has 0 aliphatic heterocycles. The summed E-state index contributed by atoms with van der Waals surface area (Å²) in [4.78, 5) is 16.6. The molecule has 1 aromatic heterocycles. The normalized spacial score (nSPS) is 11.2. The smallest absolute Gasteiger partial charge is 0.197 e. The highest BCUT2D eigenvalue weighted by Gasteiger charge is 2.12. The summed E-state index contributed by atoms with van der Waals surface area (Å²) < 4.78 is 1.35. The molecule has 0 aliphatic rings. The van der Waals surface area contributed by atoms with Crippen molar-refractivity contribution >= 4 is 60.2 Å². The number of nitrogen functional groups attached to an aromatic ring is 1. The maximum Gasteiger partial charge on any atom is 0.197 e. The summed E-state index contributed by atoms with van der Waals surface area (Å²) in [7, 11) is 0. The number of carbonyl (C=O) groups excluding carboxylic acids is 1. The zero-order valence-electron chi connectivity index (χ0n) is 10.4. The minimum atomic E-state index is -0.188. The van der Waals surface area contributed by atoms with Crippen molar-refractivity contribution in [1.82, 2.24) is 4.98 Å². The van der Waals surface area contributed by atoms with Crippen LogP contribution in [0.15, 0.2) is 27.2 Å². The molecular formula is C13H10Br2N2O2S. The first-order valence-electron chi connectivity index (χ1n) is 5.52. The average Bonchev–Trinajstić information content (AvgIpc) is 2.71. The van der Waals surface area contributed by atoms with Gasteiger partial charge >= 0.3 is 0 Å². The molecule has 0 fully saturated rings. The van der Waals surface area contributed by atoms with Gasteiger partial charge in [-0.05, 0) is 47.1 Å². The number of nitrogens with two attached hydrogens (primary N) is 1. The second-order valence-corrected chi connectivity index (χ2v) is 6.79. The molecule has 20 heavy (non-hydrogen) atoms. The maximum atomic E-state index is 12.1. The lowest BCUT2D eigenvalue weighted by atomic mass is 10.1. The van der Waals surface area contributed by atoms with E-state index in [4.69, 9.17) is 5.73 Å². The van der Waals surface area contributed by atoms with Crippen LogP contribution in [0.2, 0.25) is 0 Å². The summed E-state index contributed by atoms with van der Waals surface area (Å²) in [6.07, 6.45) is 2.95. The number of phenols is 1. The van der Waals surface area contributed by atoms with E-state index in [1.807, 2.05) is 0 Å². The van der Waals surface area contributed by atoms with Crippen LogP contribution in [0.25, 0.3) is 6.08 Å². The van der Waals surface area contributed by atoms with Crippen molar-refractivity contribution < 1.29 is 9.90 Å². The third kappa shape index (κ3) is 3.28. The molecule has 4 nitrogen and oxygen atoms in total. The lowest BCUT2D eigenvalue weighted by Gasteiger charge is -2.02. The van der Waals surface area contributed by atoms with E-state index in [1.165, 1.54) is 6.08 Å². The zero-order chi connectivity index (χ0) is 14.9. The van der Waals surface area contributed by atoms with Crippen molar-refractivity contribution in [3.05, 3.63) is 43.3 Å². The number of phenolic OH excluding ortho intramolecular Hbond substituents is 1. The molecule has 0 bridgehead atoms. The molecule has 0 saturated carbocycles. The topological polar surface area (TPSA) is 76.2 Å². The second-order valence-electron chi connectivity index (χ2n) is 3.99. The molecule has 0 saturated heterocycles. The van der Waals surface area contributed by atoms with Crippen molar-refractivity contribution in [2.45, 2.75) is 6.92 Å². The van der Waals surface area contributed by atoms with Crippen LogP contribution in [-0.2, 0) is 0 Å². The number of halogens is 2. The fourth-order valence-corrected chi connectivity index (χ4v) is 3.61. The Morgan fingerprint density at radius 2 is 2.15 bits per heavy atom. The zero-order valence-corrected chi connectivity index (χ0v) is 14.3. The van der Waals surface area contributed by atoms with Crippen LogP contribution in [0.3, 0.4) is 0 Å². The van der Waals surface area contributed by atoms with Gasteiger partial charge in [0, 0.05) is 10.0 Å². The van der Waals surface area contributed by atoms with E-state index >= 15 is 0 Å². The number of benzene rings is 1. The van der Waals surface area contributed by atoms with E-state index in [1.54, 1.807) is 25.1 Å². The Morgan fingerprint density at radius 3 is 2.75 bits per heavy atom. The van der Waals surface area contributed by atoms with E-state index in [9.17, 15) is 9.90 Å². The Bertz CT molecular complexity index is 711. The third-order valence-corrected chi connectivity index (χ3v) is 4.57. The molecule has 0 atom stereocenters. The monoisotopic (exact) mass is 416 g/mol. The molecule has 0 spiro atoms. The highest BCUT2D eigenvalue weighted by atomic mass is 79.9. The predicted molar refractivity (Wildman–Crippen MR) is 88.1 cm³/mol. The Morgan fingerprint density at radius 1 is 1.45 bits per heavy atom. The lowest BCUT2D eigenvalue weighted by molar-refractivity contribution is 0.105. The van der Waals surface area contributed by atoms with Gasteiger partial charge in [-0.25, -0.2) is 4.98 Å². The Balaban J connectivity index is 2.30. The van der Waals surface area contributed by atoms with E-state index in [-0.39, 0.29) is 11.5 Å². The van der Waals surface area contributed by atoms with Crippen molar-refractivity contribution in [2.24, 2.45) is 0 Å². The van der Waals surface area contributed by atoms with Gasteiger partial charge in [0.25, 0.3) is 0 Å². The summed E-state index contributed by atoms with van der Waals surface area (Å²) in [6.45, 7) is 1.74. The van der Waals surface area contributed by atoms with Gasteiger partial charge in [-0.3, -0.25) is 4.79 Å². The van der Waals surface area contributed by atoms with Crippen LogP contribution in [0.1, 0.15) is 20.9 Å². The molecular weight excluding hydrogens is 408 g/mol. The van der Waals surface area contributed by atoms with Crippen LogP contribution >= 0.6 is 43.2 Å². The van der Waals surface area contributed by atoms with Gasteiger partial charge in [-0.15, -0.1) is 0 Å². The highest BCUT2D eigenvalue weighted by molar-refractivity contribution is 9.11. The summed E-state index contributed by atoms with van der Waals surface area (Å²) in [5.41, 5.74) is 6.72. The average molecular weight is 418 g/mol. The lowest BCUT2D eigenvalue weighted by Crippen LogP contribution is -1.93. The summed E-state index contributed by atoms with van der Waals surface area (Å²) in [5, 5.41) is 10.3. The summed E-state index contributed by atoms with van der Waals surface area (Å²) in [6, 6.07) is 3.44. The number of rotatable bonds is 3. The van der Waals surface area contributed by atoms with E-state index < -0.39 is 0 Å². The first-order chi connectivity index (χ1) is 9.38. The Hall–Kier alpha value is -1.18. The Kier molecular flexibility index (Phi) is 4.62. The largest absolute Gasteiger partial charge is 0.506 e. The number of thiazole rings is 1. The number of carbonyl (C=O) groups is 1. The van der Waals surface area contributed by atoms with Gasteiger partial charge in [0.05, 0.1) is 15.0 Å². The van der Waals surface area contributed by atoms with E-state index in [0.717, 1.165) is 15.8 Å². The van der Waals surface area contributed by atoms with Gasteiger partial charge in [0.15, 0.2) is 10.9 Å². The van der Waals surface area contributed by atoms with Crippen molar-refractivity contribution in [1.29, 1.82) is 0 Å². The minimum absolute atomic E-state index is 0.0813. The molecule has 2 aromatic rings. The number of hydrogen-bond acceptors (Lipinski definition) is 5. The van der Waals surface area contributed by atoms with Gasteiger partial charge < -0.3 is 10.8 Å². The van der Waals surface area contributed by atoms with Crippen LogP contribution in [-0.4, -0.2) is 15.9 Å². The third-order valence-electron chi connectivity index (χ3n) is 2.51. The SMILES string of the molecule is Cc1nc(N)sc1C(=O)/C=C/c1cc(Br)cc(Br)c1O. The first-order valence-corrected chi connectivity index (χ1v) is 7.92. The highest BCUT2D eigenvalue weighted by Crippen LogP contribution is 2.32. The number of aromatic hydroxyl groups is 1. The van der Waals surface area contributed by atoms with Gasteiger partial charge in [-0.2, -0.15) is 0 Å².